The molecule has 0 bridgehead atoms. The summed E-state index contributed by atoms with van der Waals surface area (Å²) in [5, 5.41) is 7.44. The van der Waals surface area contributed by atoms with Gasteiger partial charge in [0.15, 0.2) is 23.7 Å². The zero-order valence-corrected chi connectivity index (χ0v) is 15.8. The first-order valence-corrected chi connectivity index (χ1v) is 9.28. The quantitative estimate of drug-likeness (QED) is 0.639. The van der Waals surface area contributed by atoms with E-state index in [1.165, 1.54) is 0 Å². The number of para-hydroxylation sites is 1. The van der Waals surface area contributed by atoms with Crippen LogP contribution in [0.5, 0.6) is 11.5 Å². The normalized spacial score (nSPS) is 13.7. The van der Waals surface area contributed by atoms with Gasteiger partial charge in [0.1, 0.15) is 18.9 Å². The second-order valence-electron chi connectivity index (χ2n) is 6.66. The predicted octanol–water partition coefficient (Wildman–Crippen LogP) is 2.56. The molecule has 29 heavy (non-hydrogen) atoms. The highest BCUT2D eigenvalue weighted by Gasteiger charge is 2.18. The molecule has 150 valence electrons. The van der Waals surface area contributed by atoms with Crippen LogP contribution < -0.4 is 14.8 Å². The summed E-state index contributed by atoms with van der Waals surface area (Å²) in [6, 6.07) is 12.5. The fourth-order valence-corrected chi connectivity index (χ4v) is 3.10. The molecule has 0 radical (unpaired) electrons. The molecule has 1 aliphatic heterocycles. The summed E-state index contributed by atoms with van der Waals surface area (Å²) in [6.07, 6.45) is -0.0675. The van der Waals surface area contributed by atoms with Gasteiger partial charge in [-0.1, -0.05) is 23.4 Å². The van der Waals surface area contributed by atoms with Crippen LogP contribution >= 0.6 is 0 Å². The maximum atomic E-state index is 12.2. The highest BCUT2D eigenvalue weighted by atomic mass is 16.6. The van der Waals surface area contributed by atoms with E-state index in [4.69, 9.17) is 18.7 Å². The standard InChI is InChI=1S/C21H20N2O6/c1-13(14-6-7-18-19(10-14)27-9-8-26-18)22-20(24)12-28-21(25)11-16-15-4-2-3-5-17(15)29-23-16/h2-7,10,13H,8-9,11-12H2,1H3,(H,22,24). The second-order valence-corrected chi connectivity index (χ2v) is 6.66. The molecule has 2 aromatic carbocycles. The van der Waals surface area contributed by atoms with E-state index in [9.17, 15) is 9.59 Å². The van der Waals surface area contributed by atoms with Crippen molar-refractivity contribution in [3.63, 3.8) is 0 Å². The van der Waals surface area contributed by atoms with Crippen LogP contribution in [0.1, 0.15) is 24.2 Å². The highest BCUT2D eigenvalue weighted by molar-refractivity contribution is 5.85. The van der Waals surface area contributed by atoms with Gasteiger partial charge >= 0.3 is 5.97 Å². The van der Waals surface area contributed by atoms with E-state index in [0.29, 0.717) is 36.0 Å². The molecule has 0 saturated heterocycles. The van der Waals surface area contributed by atoms with Gasteiger partial charge in [0.05, 0.1) is 12.5 Å². The van der Waals surface area contributed by atoms with Crippen LogP contribution in [0, 0.1) is 0 Å². The van der Waals surface area contributed by atoms with Gasteiger partial charge < -0.3 is 24.1 Å². The summed E-state index contributed by atoms with van der Waals surface area (Å²) in [4.78, 5) is 24.2. The van der Waals surface area contributed by atoms with Gasteiger partial charge in [0, 0.05) is 5.39 Å². The molecule has 8 heteroatoms. The third-order valence-corrected chi connectivity index (χ3v) is 4.57. The van der Waals surface area contributed by atoms with Crippen LogP contribution in [0.25, 0.3) is 11.0 Å². The Morgan fingerprint density at radius 3 is 2.79 bits per heavy atom. The van der Waals surface area contributed by atoms with E-state index in [-0.39, 0.29) is 19.1 Å². The highest BCUT2D eigenvalue weighted by Crippen LogP contribution is 2.32. The lowest BCUT2D eigenvalue weighted by Crippen LogP contribution is -2.31. The molecule has 8 nitrogen and oxygen atoms in total. The van der Waals surface area contributed by atoms with E-state index in [0.717, 1.165) is 10.9 Å². The fourth-order valence-electron chi connectivity index (χ4n) is 3.10. The average Bonchev–Trinajstić information content (AvgIpc) is 3.14. The number of ether oxygens (including phenoxy) is 3. The van der Waals surface area contributed by atoms with Crippen LogP contribution in [0.4, 0.5) is 0 Å². The van der Waals surface area contributed by atoms with Gasteiger partial charge in [-0.3, -0.25) is 9.59 Å². The van der Waals surface area contributed by atoms with Crippen LogP contribution in [-0.4, -0.2) is 36.9 Å². The number of hydrogen-bond acceptors (Lipinski definition) is 7. The Balaban J connectivity index is 1.28. The molecule has 1 atom stereocenters. The zero-order chi connectivity index (χ0) is 20.2. The van der Waals surface area contributed by atoms with E-state index in [1.54, 1.807) is 6.07 Å². The van der Waals surface area contributed by atoms with Crippen molar-refractivity contribution in [2.45, 2.75) is 19.4 Å². The Kier molecular flexibility index (Phi) is 5.33. The maximum Gasteiger partial charge on any atom is 0.312 e. The lowest BCUT2D eigenvalue weighted by Gasteiger charge is -2.21. The van der Waals surface area contributed by atoms with E-state index in [2.05, 4.69) is 10.5 Å². The molecule has 1 N–H and O–H groups in total. The Morgan fingerprint density at radius 1 is 1.14 bits per heavy atom. The number of rotatable bonds is 6. The predicted molar refractivity (Wildman–Crippen MR) is 103 cm³/mol. The molecule has 1 aromatic heterocycles. The van der Waals surface area contributed by atoms with Gasteiger partial charge in [-0.05, 0) is 36.8 Å². The van der Waals surface area contributed by atoms with Crippen molar-refractivity contribution < 1.29 is 28.3 Å². The van der Waals surface area contributed by atoms with Crippen LogP contribution in [0.2, 0.25) is 0 Å². The van der Waals surface area contributed by atoms with Gasteiger partial charge in [0.25, 0.3) is 5.91 Å². The van der Waals surface area contributed by atoms with E-state index in [1.807, 2.05) is 43.3 Å². The molecule has 1 unspecified atom stereocenters. The van der Waals surface area contributed by atoms with Gasteiger partial charge in [-0.25, -0.2) is 0 Å². The minimum atomic E-state index is -0.550. The van der Waals surface area contributed by atoms with Gasteiger partial charge in [-0.15, -0.1) is 0 Å². The van der Waals surface area contributed by atoms with Crippen LogP contribution in [0.15, 0.2) is 47.0 Å². The van der Waals surface area contributed by atoms with Crippen molar-refractivity contribution in [3.8, 4) is 11.5 Å². The van der Waals surface area contributed by atoms with Crippen molar-refractivity contribution in [2.75, 3.05) is 19.8 Å². The molecule has 4 rings (SSSR count). The second kappa shape index (κ2) is 8.22. The summed E-state index contributed by atoms with van der Waals surface area (Å²) < 4.78 is 21.3. The Hall–Kier alpha value is -3.55. The summed E-state index contributed by atoms with van der Waals surface area (Å²) in [5.74, 6) is 0.394. The smallest absolute Gasteiger partial charge is 0.312 e. The molecule has 2 heterocycles. The maximum absolute atomic E-state index is 12.2. The first-order chi connectivity index (χ1) is 14.1. The number of hydrogen-bond donors (Lipinski definition) is 1. The minimum Gasteiger partial charge on any atom is -0.486 e. The Labute approximate surface area is 166 Å². The Morgan fingerprint density at radius 2 is 1.93 bits per heavy atom. The zero-order valence-electron chi connectivity index (χ0n) is 15.8. The molecular formula is C21H20N2O6. The summed E-state index contributed by atoms with van der Waals surface area (Å²) in [7, 11) is 0. The number of aromatic nitrogens is 1. The van der Waals surface area contributed by atoms with Crippen molar-refractivity contribution in [1.82, 2.24) is 10.5 Å². The molecule has 0 saturated carbocycles. The number of nitrogens with zero attached hydrogens (tertiary/aromatic N) is 1. The van der Waals surface area contributed by atoms with Crippen LogP contribution in [0.3, 0.4) is 0 Å². The van der Waals surface area contributed by atoms with Gasteiger partial charge in [-0.2, -0.15) is 0 Å². The molecule has 1 aliphatic rings. The van der Waals surface area contributed by atoms with Crippen molar-refractivity contribution in [1.29, 1.82) is 0 Å². The summed E-state index contributed by atoms with van der Waals surface area (Å²) >= 11 is 0. The number of esters is 1. The van der Waals surface area contributed by atoms with E-state index >= 15 is 0 Å². The monoisotopic (exact) mass is 396 g/mol. The third kappa shape index (κ3) is 4.31. The van der Waals surface area contributed by atoms with Gasteiger partial charge in [0.2, 0.25) is 0 Å². The average molecular weight is 396 g/mol. The molecule has 0 spiro atoms. The largest absolute Gasteiger partial charge is 0.486 e. The van der Waals surface area contributed by atoms with E-state index < -0.39 is 11.9 Å². The van der Waals surface area contributed by atoms with Crippen LogP contribution in [-0.2, 0) is 20.7 Å². The number of carbonyl (C=O) groups is 2. The minimum absolute atomic E-state index is 0.0675. The van der Waals surface area contributed by atoms with Crippen molar-refractivity contribution >= 4 is 22.8 Å². The first kappa shape index (κ1) is 18.8. The molecular weight excluding hydrogens is 376 g/mol. The molecule has 0 fully saturated rings. The summed E-state index contributed by atoms with van der Waals surface area (Å²) in [6.45, 7) is 2.48. The number of amides is 1. The summed E-state index contributed by atoms with van der Waals surface area (Å²) in [5.41, 5.74) is 1.94. The lowest BCUT2D eigenvalue weighted by atomic mass is 10.1. The number of fused-ring (bicyclic) bond motifs is 2. The molecule has 3 aromatic rings. The SMILES string of the molecule is CC(NC(=O)COC(=O)Cc1noc2ccccc12)c1ccc2c(c1)OCCO2. The molecule has 0 aliphatic carbocycles. The fraction of sp³-hybridized carbons (Fsp3) is 0.286. The third-order valence-electron chi connectivity index (χ3n) is 4.57. The molecule has 1 amide bonds. The van der Waals surface area contributed by atoms with Crippen molar-refractivity contribution in [2.24, 2.45) is 0 Å². The number of benzene rings is 2. The Bertz CT molecular complexity index is 1040. The number of nitrogens with one attached hydrogen (secondary N) is 1. The number of carbonyl (C=O) groups excluding carboxylic acids is 2. The lowest BCUT2D eigenvalue weighted by molar-refractivity contribution is -0.148. The first-order valence-electron chi connectivity index (χ1n) is 9.28. The van der Waals surface area contributed by atoms with Crippen molar-refractivity contribution in [3.05, 3.63) is 53.7 Å². The topological polar surface area (TPSA) is 99.9 Å².